The van der Waals surface area contributed by atoms with Gasteiger partial charge in [0.2, 0.25) is 0 Å². The van der Waals surface area contributed by atoms with Crippen molar-refractivity contribution in [2.45, 2.75) is 20.3 Å². The van der Waals surface area contributed by atoms with Crippen LogP contribution in [-0.2, 0) is 9.59 Å². The molecule has 158 valence electrons. The number of methoxy groups -OCH3 is 1. The molecule has 0 heterocycles. The molecule has 0 amide bonds. The molecule has 0 N–H and O–H groups in total. The number of carbonyl (C=O) groups excluding carboxylic acids is 2. The maximum atomic E-state index is 11.6. The topological polar surface area (TPSA) is 61.8 Å². The van der Waals surface area contributed by atoms with Crippen molar-refractivity contribution < 1.29 is 23.8 Å². The first-order valence-corrected chi connectivity index (χ1v) is 9.88. The fourth-order valence-corrected chi connectivity index (χ4v) is 2.92. The van der Waals surface area contributed by atoms with Gasteiger partial charge in [0.1, 0.15) is 17.2 Å². The lowest BCUT2D eigenvalue weighted by Crippen LogP contribution is -2.07. The van der Waals surface area contributed by atoms with Crippen LogP contribution in [0.1, 0.15) is 20.3 Å². The molecular weight excluding hydrogens is 392 g/mol. The van der Waals surface area contributed by atoms with E-state index in [0.29, 0.717) is 29.2 Å². The third kappa shape index (κ3) is 5.39. The lowest BCUT2D eigenvalue weighted by atomic mass is 9.99. The molecule has 5 heteroatoms. The number of rotatable bonds is 7. The second kappa shape index (κ2) is 9.76. The van der Waals surface area contributed by atoms with Gasteiger partial charge in [-0.1, -0.05) is 49.9 Å². The molecule has 0 saturated heterocycles. The highest BCUT2D eigenvalue weighted by molar-refractivity contribution is 5.88. The molecule has 0 radical (unpaired) electrons. The van der Waals surface area contributed by atoms with E-state index in [-0.39, 0.29) is 5.97 Å². The van der Waals surface area contributed by atoms with Gasteiger partial charge in [-0.05, 0) is 53.9 Å². The van der Waals surface area contributed by atoms with Crippen molar-refractivity contribution in [2.75, 3.05) is 7.11 Å². The molecule has 3 aromatic carbocycles. The van der Waals surface area contributed by atoms with Crippen LogP contribution in [0, 0.1) is 0 Å². The summed E-state index contributed by atoms with van der Waals surface area (Å²) >= 11 is 0. The average molecular weight is 416 g/mol. The normalized spacial score (nSPS) is 10.3. The summed E-state index contributed by atoms with van der Waals surface area (Å²) in [6, 6.07) is 20.5. The molecule has 0 atom stereocenters. The quantitative estimate of drug-likeness (QED) is 0.276. The molecule has 3 aromatic rings. The zero-order valence-corrected chi connectivity index (χ0v) is 17.8. The van der Waals surface area contributed by atoms with Gasteiger partial charge in [-0.3, -0.25) is 4.79 Å². The van der Waals surface area contributed by atoms with Crippen molar-refractivity contribution in [1.82, 2.24) is 0 Å². The molecule has 3 rings (SSSR count). The van der Waals surface area contributed by atoms with Crippen LogP contribution in [0.5, 0.6) is 17.2 Å². The summed E-state index contributed by atoms with van der Waals surface area (Å²) in [6.07, 6.45) is 0.328. The molecule has 0 aliphatic heterocycles. The van der Waals surface area contributed by atoms with Crippen molar-refractivity contribution in [2.24, 2.45) is 0 Å². The summed E-state index contributed by atoms with van der Waals surface area (Å²) < 4.78 is 16.1. The molecular formula is C26H24O5. The fraction of sp³-hybridized carbons (Fsp3) is 0.154. The first-order chi connectivity index (χ1) is 14.9. The summed E-state index contributed by atoms with van der Waals surface area (Å²) in [5, 5.41) is 0. The molecule has 0 aromatic heterocycles. The van der Waals surface area contributed by atoms with Gasteiger partial charge in [-0.25, -0.2) is 4.79 Å². The third-order valence-corrected chi connectivity index (χ3v) is 4.63. The van der Waals surface area contributed by atoms with Gasteiger partial charge < -0.3 is 14.2 Å². The number of hydrogen-bond donors (Lipinski definition) is 0. The van der Waals surface area contributed by atoms with Crippen molar-refractivity contribution in [3.63, 3.8) is 0 Å². The Morgan fingerprint density at radius 3 is 1.90 bits per heavy atom. The summed E-state index contributed by atoms with van der Waals surface area (Å²) in [5.41, 5.74) is 4.14. The minimum atomic E-state index is -0.450. The Labute approximate surface area is 181 Å². The number of benzene rings is 3. The molecule has 0 unspecified atom stereocenters. The highest BCUT2D eigenvalue weighted by Crippen LogP contribution is 2.35. The van der Waals surface area contributed by atoms with Gasteiger partial charge >= 0.3 is 11.9 Å². The predicted molar refractivity (Wildman–Crippen MR) is 120 cm³/mol. The van der Waals surface area contributed by atoms with E-state index < -0.39 is 5.97 Å². The Hall–Kier alpha value is -3.86. The maximum Gasteiger partial charge on any atom is 0.338 e. The number of ether oxygens (including phenoxy) is 3. The molecule has 0 spiro atoms. The summed E-state index contributed by atoms with van der Waals surface area (Å²) in [7, 11) is 1.63. The van der Waals surface area contributed by atoms with Gasteiger partial charge in [-0.2, -0.15) is 0 Å². The van der Waals surface area contributed by atoms with Crippen LogP contribution in [-0.4, -0.2) is 19.0 Å². The average Bonchev–Trinajstić information content (AvgIpc) is 2.79. The molecule has 0 fully saturated rings. The van der Waals surface area contributed by atoms with Gasteiger partial charge in [-0.15, -0.1) is 0 Å². The highest BCUT2D eigenvalue weighted by Gasteiger charge is 2.10. The van der Waals surface area contributed by atoms with Gasteiger partial charge in [0.15, 0.2) is 0 Å². The minimum Gasteiger partial charge on any atom is -0.496 e. The second-order valence-corrected chi connectivity index (χ2v) is 6.96. The Morgan fingerprint density at radius 2 is 1.35 bits per heavy atom. The largest absolute Gasteiger partial charge is 0.496 e. The molecule has 31 heavy (non-hydrogen) atoms. The zero-order valence-electron chi connectivity index (χ0n) is 17.8. The predicted octanol–water partition coefficient (Wildman–Crippen LogP) is 5.83. The maximum absolute atomic E-state index is 11.6. The van der Waals surface area contributed by atoms with Gasteiger partial charge in [0.25, 0.3) is 0 Å². The second-order valence-electron chi connectivity index (χ2n) is 6.96. The molecule has 0 aliphatic rings. The van der Waals surface area contributed by atoms with Crippen molar-refractivity contribution >= 4 is 11.9 Å². The van der Waals surface area contributed by atoms with Crippen LogP contribution in [0.25, 0.3) is 22.3 Å². The third-order valence-electron chi connectivity index (χ3n) is 4.63. The summed E-state index contributed by atoms with van der Waals surface area (Å²) in [6.45, 7) is 6.94. The molecule has 0 aliphatic carbocycles. The van der Waals surface area contributed by atoms with Crippen molar-refractivity contribution in [3.05, 3.63) is 78.9 Å². The molecule has 0 bridgehead atoms. The van der Waals surface area contributed by atoms with E-state index in [0.717, 1.165) is 22.3 Å². The number of esters is 2. The first kappa shape index (κ1) is 21.8. The Bertz CT molecular complexity index is 1100. The van der Waals surface area contributed by atoms with Crippen LogP contribution in [0.2, 0.25) is 0 Å². The lowest BCUT2D eigenvalue weighted by molar-refractivity contribution is -0.134. The van der Waals surface area contributed by atoms with E-state index in [9.17, 15) is 9.59 Å². The van der Waals surface area contributed by atoms with Crippen molar-refractivity contribution in [3.8, 4) is 39.5 Å². The summed E-state index contributed by atoms with van der Waals surface area (Å²) in [4.78, 5) is 23.1. The SMILES string of the molecule is C=C(C)C(=O)Oc1ccc(-c2ccc(-c3ccc(OC(=O)CC)cc3)c(OC)c2)cc1. The van der Waals surface area contributed by atoms with Crippen LogP contribution in [0.4, 0.5) is 0 Å². The zero-order chi connectivity index (χ0) is 22.4. The summed E-state index contributed by atoms with van der Waals surface area (Å²) in [5.74, 6) is 0.973. The molecule has 0 saturated carbocycles. The van der Waals surface area contributed by atoms with E-state index in [2.05, 4.69) is 6.58 Å². The van der Waals surface area contributed by atoms with E-state index in [1.54, 1.807) is 45.2 Å². The standard InChI is InChI=1S/C26H24O5/c1-5-25(27)30-21-13-8-19(9-14-21)23-15-10-20(16-24(23)29-4)18-6-11-22(12-7-18)31-26(28)17(2)3/h6-16H,2,5H2,1,3-4H3. The first-order valence-electron chi connectivity index (χ1n) is 9.88. The van der Waals surface area contributed by atoms with Crippen LogP contribution < -0.4 is 14.2 Å². The van der Waals surface area contributed by atoms with Gasteiger partial charge in [0, 0.05) is 17.6 Å². The lowest BCUT2D eigenvalue weighted by Gasteiger charge is -2.12. The van der Waals surface area contributed by atoms with Crippen molar-refractivity contribution in [1.29, 1.82) is 0 Å². The fourth-order valence-electron chi connectivity index (χ4n) is 2.92. The van der Waals surface area contributed by atoms with E-state index in [1.165, 1.54) is 0 Å². The Morgan fingerprint density at radius 1 is 0.806 bits per heavy atom. The van der Waals surface area contributed by atoms with Crippen LogP contribution >= 0.6 is 0 Å². The van der Waals surface area contributed by atoms with E-state index in [1.807, 2.05) is 42.5 Å². The monoisotopic (exact) mass is 416 g/mol. The van der Waals surface area contributed by atoms with E-state index in [4.69, 9.17) is 14.2 Å². The van der Waals surface area contributed by atoms with Crippen LogP contribution in [0.15, 0.2) is 78.9 Å². The Balaban J connectivity index is 1.82. The minimum absolute atomic E-state index is 0.268. The molecule has 5 nitrogen and oxygen atoms in total. The smallest absolute Gasteiger partial charge is 0.338 e. The Kier molecular flexibility index (Phi) is 6.88. The van der Waals surface area contributed by atoms with Gasteiger partial charge in [0.05, 0.1) is 7.11 Å². The highest BCUT2D eigenvalue weighted by atomic mass is 16.5. The number of hydrogen-bond acceptors (Lipinski definition) is 5. The van der Waals surface area contributed by atoms with E-state index >= 15 is 0 Å². The number of carbonyl (C=O) groups is 2. The van der Waals surface area contributed by atoms with Crippen LogP contribution in [0.3, 0.4) is 0 Å².